The number of nitrogens with zero attached hydrogens (tertiary/aromatic N) is 1. The lowest BCUT2D eigenvalue weighted by Gasteiger charge is -2.22. The van der Waals surface area contributed by atoms with E-state index in [1.54, 1.807) is 0 Å². The van der Waals surface area contributed by atoms with Crippen molar-refractivity contribution in [3.63, 3.8) is 0 Å². The Hall–Kier alpha value is 0.250. The van der Waals surface area contributed by atoms with Gasteiger partial charge in [-0.05, 0) is 38.9 Å². The summed E-state index contributed by atoms with van der Waals surface area (Å²) in [6, 6.07) is 0. The average Bonchev–Trinajstić information content (AvgIpc) is 3.15. The predicted molar refractivity (Wildman–Crippen MR) is 248 cm³/mol. The summed E-state index contributed by atoms with van der Waals surface area (Å²) in [6.45, 7) is 11.1. The van der Waals surface area contributed by atoms with Crippen molar-refractivity contribution < 1.29 is 0 Å². The highest BCUT2D eigenvalue weighted by Crippen LogP contribution is 2.17. The van der Waals surface area contributed by atoms with Gasteiger partial charge in [-0.2, -0.15) is 0 Å². The molecule has 0 radical (unpaired) electrons. The van der Waals surface area contributed by atoms with Gasteiger partial charge in [-0.15, -0.1) is 12.4 Å². The Morgan fingerprint density at radius 2 is 0.283 bits per heavy atom. The van der Waals surface area contributed by atoms with E-state index in [9.17, 15) is 0 Å². The lowest BCUT2D eigenvalue weighted by atomic mass is 10.0. The van der Waals surface area contributed by atoms with E-state index in [1.807, 2.05) is 0 Å². The molecule has 0 heterocycles. The maximum Gasteiger partial charge on any atom is -0.00187 e. The highest BCUT2D eigenvalue weighted by atomic mass is 35.5. The van der Waals surface area contributed by atoms with Crippen molar-refractivity contribution in [1.82, 2.24) is 4.90 Å². The fraction of sp³-hybridized carbons (Fsp3) is 1.00. The van der Waals surface area contributed by atoms with E-state index in [0.29, 0.717) is 0 Å². The largest absolute Gasteiger partial charge is 0.303 e. The van der Waals surface area contributed by atoms with Crippen LogP contribution in [0.4, 0.5) is 0 Å². The molecule has 0 saturated heterocycles. The predicted octanol–water partition coefficient (Wildman–Crippen LogP) is 19.3. The van der Waals surface area contributed by atoms with Gasteiger partial charge < -0.3 is 4.90 Å². The van der Waals surface area contributed by atoms with E-state index >= 15 is 0 Å². The van der Waals surface area contributed by atoms with Gasteiger partial charge in [0, 0.05) is 0 Å². The van der Waals surface area contributed by atoms with Crippen LogP contribution < -0.4 is 0 Å². The monoisotopic (exact) mass is 768 g/mol. The van der Waals surface area contributed by atoms with Crippen LogP contribution in [0, 0.1) is 0 Å². The summed E-state index contributed by atoms with van der Waals surface area (Å²) in [5.41, 5.74) is 0. The molecule has 0 saturated carbocycles. The molecule has 0 atom stereocenters. The molecule has 53 heavy (non-hydrogen) atoms. The second kappa shape index (κ2) is 52.2. The summed E-state index contributed by atoms with van der Waals surface area (Å²) in [7, 11) is 0. The summed E-state index contributed by atoms with van der Waals surface area (Å²) < 4.78 is 0. The maximum absolute atomic E-state index is 2.88. The summed E-state index contributed by atoms with van der Waals surface area (Å²) in [5, 5.41) is 0. The SMILES string of the molecule is CCCCCCCCCCCCCCCCCN(CCCCCCCCCCCCCCCCC)CCCCCCCCCCCCCCCCC.Cl. The van der Waals surface area contributed by atoms with Crippen LogP contribution in [0.2, 0.25) is 0 Å². The summed E-state index contributed by atoms with van der Waals surface area (Å²) >= 11 is 0. The zero-order valence-electron chi connectivity index (χ0n) is 37.8. The van der Waals surface area contributed by atoms with Crippen LogP contribution in [-0.2, 0) is 0 Å². The Kier molecular flexibility index (Phi) is 54.6. The number of halogens is 1. The van der Waals surface area contributed by atoms with Crippen molar-refractivity contribution in [3.8, 4) is 0 Å². The molecular weight excluding hydrogens is 662 g/mol. The van der Waals surface area contributed by atoms with Gasteiger partial charge in [-0.25, -0.2) is 0 Å². The third-order valence-electron chi connectivity index (χ3n) is 12.2. The minimum Gasteiger partial charge on any atom is -0.303 e. The highest BCUT2D eigenvalue weighted by molar-refractivity contribution is 5.85. The van der Waals surface area contributed by atoms with Crippen LogP contribution in [0.25, 0.3) is 0 Å². The molecule has 2 heteroatoms. The van der Waals surface area contributed by atoms with Crippen LogP contribution in [0.15, 0.2) is 0 Å². The normalized spacial score (nSPS) is 11.5. The molecule has 1 nitrogen and oxygen atoms in total. The van der Waals surface area contributed by atoms with Crippen molar-refractivity contribution in [3.05, 3.63) is 0 Å². The third-order valence-corrected chi connectivity index (χ3v) is 12.2. The molecular formula is C51H106ClN. The molecule has 0 spiro atoms. The number of unbranched alkanes of at least 4 members (excludes halogenated alkanes) is 42. The maximum atomic E-state index is 2.88. The van der Waals surface area contributed by atoms with Crippen LogP contribution >= 0.6 is 12.4 Å². The van der Waals surface area contributed by atoms with Crippen molar-refractivity contribution in [2.75, 3.05) is 19.6 Å². The van der Waals surface area contributed by atoms with Crippen LogP contribution in [-0.4, -0.2) is 24.5 Å². The van der Waals surface area contributed by atoms with E-state index in [-0.39, 0.29) is 12.4 Å². The number of hydrogen-bond donors (Lipinski definition) is 0. The van der Waals surface area contributed by atoms with Crippen molar-refractivity contribution in [2.24, 2.45) is 0 Å². The van der Waals surface area contributed by atoms with Gasteiger partial charge in [-0.3, -0.25) is 0 Å². The molecule has 0 aromatic heterocycles. The van der Waals surface area contributed by atoms with Crippen LogP contribution in [0.1, 0.15) is 310 Å². The van der Waals surface area contributed by atoms with Gasteiger partial charge in [0.2, 0.25) is 0 Å². The van der Waals surface area contributed by atoms with Gasteiger partial charge in [0.15, 0.2) is 0 Å². The fourth-order valence-corrected chi connectivity index (χ4v) is 8.46. The molecule has 0 amide bonds. The first-order chi connectivity index (χ1) is 25.8. The van der Waals surface area contributed by atoms with Crippen molar-refractivity contribution in [1.29, 1.82) is 0 Å². The molecule has 0 aromatic rings. The van der Waals surface area contributed by atoms with E-state index in [0.717, 1.165) is 0 Å². The first kappa shape index (κ1) is 55.3. The van der Waals surface area contributed by atoms with Gasteiger partial charge >= 0.3 is 0 Å². The molecule has 0 unspecified atom stereocenters. The van der Waals surface area contributed by atoms with Crippen molar-refractivity contribution >= 4 is 12.4 Å². The molecule has 0 aliphatic rings. The van der Waals surface area contributed by atoms with Gasteiger partial charge in [0.25, 0.3) is 0 Å². The van der Waals surface area contributed by atoms with Crippen LogP contribution in [0.5, 0.6) is 0 Å². The molecule has 0 aromatic carbocycles. The van der Waals surface area contributed by atoms with Gasteiger partial charge in [0.1, 0.15) is 0 Å². The second-order valence-electron chi connectivity index (χ2n) is 17.7. The molecule has 322 valence electrons. The quantitative estimate of drug-likeness (QED) is 0.0557. The smallest absolute Gasteiger partial charge is 0.00187 e. The molecule has 0 N–H and O–H groups in total. The second-order valence-corrected chi connectivity index (χ2v) is 17.7. The lowest BCUT2D eigenvalue weighted by molar-refractivity contribution is 0.254. The third kappa shape index (κ3) is 50.2. The molecule has 0 aliphatic heterocycles. The molecule has 0 aliphatic carbocycles. The van der Waals surface area contributed by atoms with Gasteiger partial charge in [0.05, 0.1) is 0 Å². The first-order valence-electron chi connectivity index (χ1n) is 25.6. The Labute approximate surface area is 345 Å². The van der Waals surface area contributed by atoms with Crippen molar-refractivity contribution in [2.45, 2.75) is 310 Å². The zero-order chi connectivity index (χ0) is 37.5. The Balaban J connectivity index is 0. The first-order valence-corrected chi connectivity index (χ1v) is 25.6. The standard InChI is InChI=1S/C51H105N.ClH/c1-4-7-10-13-16-19-22-25-28-31-34-37-40-43-46-49-52(50-47-44-41-38-35-32-29-26-23-20-17-14-11-8-5-2)51-48-45-42-39-36-33-30-27-24-21-18-15-12-9-6-3;/h4-51H2,1-3H3;1H. The van der Waals surface area contributed by atoms with E-state index < -0.39 is 0 Å². The molecule has 0 rings (SSSR count). The lowest BCUT2D eigenvalue weighted by Crippen LogP contribution is -2.27. The summed E-state index contributed by atoms with van der Waals surface area (Å²) in [6.07, 6.45) is 66.0. The van der Waals surface area contributed by atoms with E-state index in [4.69, 9.17) is 0 Å². The number of rotatable bonds is 48. The Bertz CT molecular complexity index is 512. The van der Waals surface area contributed by atoms with Gasteiger partial charge in [-0.1, -0.05) is 290 Å². The highest BCUT2D eigenvalue weighted by Gasteiger charge is 2.06. The summed E-state index contributed by atoms with van der Waals surface area (Å²) in [4.78, 5) is 2.88. The van der Waals surface area contributed by atoms with E-state index in [1.165, 1.54) is 309 Å². The fourth-order valence-electron chi connectivity index (χ4n) is 8.46. The Morgan fingerprint density at radius 3 is 0.415 bits per heavy atom. The minimum absolute atomic E-state index is 0. The average molecular weight is 769 g/mol. The Morgan fingerprint density at radius 1 is 0.170 bits per heavy atom. The van der Waals surface area contributed by atoms with E-state index in [2.05, 4.69) is 25.7 Å². The molecule has 0 bridgehead atoms. The summed E-state index contributed by atoms with van der Waals surface area (Å²) in [5.74, 6) is 0. The molecule has 0 fully saturated rings. The topological polar surface area (TPSA) is 3.24 Å². The van der Waals surface area contributed by atoms with Crippen LogP contribution in [0.3, 0.4) is 0 Å². The zero-order valence-corrected chi connectivity index (χ0v) is 38.6. The minimum atomic E-state index is 0. The number of hydrogen-bond acceptors (Lipinski definition) is 1.